The van der Waals surface area contributed by atoms with E-state index in [2.05, 4.69) is 5.32 Å². The van der Waals surface area contributed by atoms with Crippen LogP contribution in [0.15, 0.2) is 24.3 Å². The van der Waals surface area contributed by atoms with Crippen LogP contribution in [0.3, 0.4) is 0 Å². The normalized spacial score (nSPS) is 11.7. The van der Waals surface area contributed by atoms with Crippen LogP contribution in [0.1, 0.15) is 12.5 Å². The number of hydrogen-bond donors (Lipinski definition) is 1. The number of hydrogen-bond acceptors (Lipinski definition) is 1. The molecule has 14 heavy (non-hydrogen) atoms. The van der Waals surface area contributed by atoms with Crippen molar-refractivity contribution in [3.8, 4) is 0 Å². The maximum Gasteiger partial charge on any atom is 0.285 e. The van der Waals surface area contributed by atoms with E-state index in [0.29, 0.717) is 11.6 Å². The first-order valence-corrected chi connectivity index (χ1v) is 4.78. The van der Waals surface area contributed by atoms with Gasteiger partial charge in [0.1, 0.15) is 0 Å². The van der Waals surface area contributed by atoms with Crippen LogP contribution in [-0.2, 0) is 5.92 Å². The van der Waals surface area contributed by atoms with Gasteiger partial charge in [0.25, 0.3) is 5.92 Å². The molecule has 1 aromatic carbocycles. The van der Waals surface area contributed by atoms with Crippen LogP contribution in [0, 0.1) is 0 Å². The molecule has 0 aliphatic carbocycles. The number of rotatable bonds is 4. The Morgan fingerprint density at radius 1 is 1.29 bits per heavy atom. The Hall–Kier alpha value is -0.670. The fourth-order valence-corrected chi connectivity index (χ4v) is 1.20. The van der Waals surface area contributed by atoms with E-state index in [9.17, 15) is 8.78 Å². The van der Waals surface area contributed by atoms with Gasteiger partial charge in [0, 0.05) is 10.6 Å². The van der Waals surface area contributed by atoms with Crippen molar-refractivity contribution in [2.24, 2.45) is 0 Å². The first kappa shape index (κ1) is 11.4. The first-order chi connectivity index (χ1) is 6.56. The van der Waals surface area contributed by atoms with Gasteiger partial charge in [0.2, 0.25) is 0 Å². The van der Waals surface area contributed by atoms with Crippen LogP contribution in [0.5, 0.6) is 0 Å². The van der Waals surface area contributed by atoms with E-state index in [1.54, 1.807) is 6.92 Å². The van der Waals surface area contributed by atoms with E-state index in [4.69, 9.17) is 11.6 Å². The van der Waals surface area contributed by atoms with Gasteiger partial charge in [-0.15, -0.1) is 0 Å². The minimum absolute atomic E-state index is 0.0112. The summed E-state index contributed by atoms with van der Waals surface area (Å²) in [5.74, 6) is -2.83. The van der Waals surface area contributed by atoms with E-state index in [1.807, 2.05) is 0 Å². The molecule has 0 aromatic heterocycles. The second kappa shape index (κ2) is 4.71. The molecule has 4 heteroatoms. The van der Waals surface area contributed by atoms with E-state index in [0.717, 1.165) is 0 Å². The van der Waals surface area contributed by atoms with Crippen molar-refractivity contribution < 1.29 is 8.78 Å². The molecule has 0 unspecified atom stereocenters. The Morgan fingerprint density at radius 3 is 2.36 bits per heavy atom. The molecule has 78 valence electrons. The van der Waals surface area contributed by atoms with Crippen LogP contribution >= 0.6 is 11.6 Å². The fraction of sp³-hybridized carbons (Fsp3) is 0.400. The predicted octanol–water partition coefficient (Wildman–Crippen LogP) is 3.04. The van der Waals surface area contributed by atoms with Gasteiger partial charge < -0.3 is 5.32 Å². The summed E-state index contributed by atoms with van der Waals surface area (Å²) in [7, 11) is 0. The third-order valence-electron chi connectivity index (χ3n) is 1.86. The van der Waals surface area contributed by atoms with Gasteiger partial charge in [-0.1, -0.05) is 30.7 Å². The second-order valence-corrected chi connectivity index (χ2v) is 3.43. The Kier molecular flexibility index (Phi) is 3.84. The minimum atomic E-state index is -2.83. The average Bonchev–Trinajstić information content (AvgIpc) is 2.16. The van der Waals surface area contributed by atoms with Gasteiger partial charge in [-0.25, -0.2) is 0 Å². The van der Waals surface area contributed by atoms with E-state index in [1.165, 1.54) is 24.3 Å². The highest BCUT2D eigenvalue weighted by atomic mass is 35.5. The van der Waals surface area contributed by atoms with Crippen molar-refractivity contribution in [1.29, 1.82) is 0 Å². The zero-order chi connectivity index (χ0) is 10.6. The lowest BCUT2D eigenvalue weighted by Gasteiger charge is -2.16. The van der Waals surface area contributed by atoms with Crippen molar-refractivity contribution in [2.45, 2.75) is 12.8 Å². The topological polar surface area (TPSA) is 12.0 Å². The molecule has 0 radical (unpaired) electrons. The summed E-state index contributed by atoms with van der Waals surface area (Å²) in [5, 5.41) is 3.08. The quantitative estimate of drug-likeness (QED) is 0.821. The lowest BCUT2D eigenvalue weighted by atomic mass is 10.1. The van der Waals surface area contributed by atoms with Crippen LogP contribution in [0.4, 0.5) is 8.78 Å². The summed E-state index contributed by atoms with van der Waals surface area (Å²) in [6.07, 6.45) is 0. The molecule has 0 aliphatic rings. The molecule has 1 aromatic rings. The zero-order valence-electron chi connectivity index (χ0n) is 7.86. The molecule has 0 amide bonds. The molecule has 0 saturated carbocycles. The minimum Gasteiger partial charge on any atom is -0.311 e. The second-order valence-electron chi connectivity index (χ2n) is 2.99. The van der Waals surface area contributed by atoms with Crippen LogP contribution in [0.2, 0.25) is 5.02 Å². The maximum absolute atomic E-state index is 13.4. The lowest BCUT2D eigenvalue weighted by Crippen LogP contribution is -2.30. The number of likely N-dealkylation sites (N-methyl/N-ethyl adjacent to an activating group) is 1. The summed E-state index contributed by atoms with van der Waals surface area (Å²) in [6.45, 7) is 1.98. The number of benzene rings is 1. The number of halogens is 3. The van der Waals surface area contributed by atoms with Gasteiger partial charge in [0.15, 0.2) is 0 Å². The summed E-state index contributed by atoms with van der Waals surface area (Å²) in [6, 6.07) is 5.63. The molecule has 0 atom stereocenters. The highest BCUT2D eigenvalue weighted by molar-refractivity contribution is 6.30. The zero-order valence-corrected chi connectivity index (χ0v) is 8.61. The van der Waals surface area contributed by atoms with Gasteiger partial charge in [0.05, 0.1) is 6.54 Å². The summed E-state index contributed by atoms with van der Waals surface area (Å²) in [5.41, 5.74) is -0.0112. The third kappa shape index (κ3) is 2.93. The molecule has 1 nitrogen and oxygen atoms in total. The van der Waals surface area contributed by atoms with Gasteiger partial charge >= 0.3 is 0 Å². The monoisotopic (exact) mass is 219 g/mol. The predicted molar refractivity (Wildman–Crippen MR) is 53.9 cm³/mol. The van der Waals surface area contributed by atoms with Crippen LogP contribution < -0.4 is 5.32 Å². The van der Waals surface area contributed by atoms with Crippen LogP contribution in [0.25, 0.3) is 0 Å². The number of nitrogens with one attached hydrogen (secondary N) is 1. The van der Waals surface area contributed by atoms with Crippen molar-refractivity contribution >= 4 is 11.6 Å². The molecule has 1 N–H and O–H groups in total. The first-order valence-electron chi connectivity index (χ1n) is 4.41. The summed E-state index contributed by atoms with van der Waals surface area (Å²) >= 11 is 5.61. The Balaban J connectivity index is 2.75. The summed E-state index contributed by atoms with van der Waals surface area (Å²) in [4.78, 5) is 0. The third-order valence-corrected chi connectivity index (χ3v) is 2.12. The molecule has 0 heterocycles. The van der Waals surface area contributed by atoms with Crippen molar-refractivity contribution in [3.05, 3.63) is 34.9 Å². The van der Waals surface area contributed by atoms with Gasteiger partial charge in [-0.2, -0.15) is 8.78 Å². The SMILES string of the molecule is CCNCC(F)(F)c1ccc(Cl)cc1. The highest BCUT2D eigenvalue weighted by Crippen LogP contribution is 2.27. The smallest absolute Gasteiger partial charge is 0.285 e. The van der Waals surface area contributed by atoms with Crippen molar-refractivity contribution in [1.82, 2.24) is 5.32 Å². The summed E-state index contributed by atoms with van der Waals surface area (Å²) < 4.78 is 26.7. The standard InChI is InChI=1S/C10H12ClF2N/c1-2-14-7-10(12,13)8-3-5-9(11)6-4-8/h3-6,14H,2,7H2,1H3. The number of alkyl halides is 2. The van der Waals surface area contributed by atoms with E-state index >= 15 is 0 Å². The van der Waals surface area contributed by atoms with Gasteiger partial charge in [-0.3, -0.25) is 0 Å². The van der Waals surface area contributed by atoms with Crippen molar-refractivity contribution in [2.75, 3.05) is 13.1 Å². The Labute approximate surface area is 87.1 Å². The Bertz CT molecular complexity index is 285. The largest absolute Gasteiger partial charge is 0.311 e. The lowest BCUT2D eigenvalue weighted by molar-refractivity contribution is -0.00259. The molecule has 0 spiro atoms. The molecule has 0 bridgehead atoms. The average molecular weight is 220 g/mol. The molecule has 0 saturated heterocycles. The highest BCUT2D eigenvalue weighted by Gasteiger charge is 2.30. The van der Waals surface area contributed by atoms with E-state index < -0.39 is 5.92 Å². The van der Waals surface area contributed by atoms with E-state index in [-0.39, 0.29) is 12.1 Å². The molecular formula is C10H12ClF2N. The fourth-order valence-electron chi connectivity index (χ4n) is 1.08. The molecular weight excluding hydrogens is 208 g/mol. The maximum atomic E-state index is 13.4. The van der Waals surface area contributed by atoms with Crippen molar-refractivity contribution in [3.63, 3.8) is 0 Å². The molecule has 0 fully saturated rings. The van der Waals surface area contributed by atoms with Crippen LogP contribution in [-0.4, -0.2) is 13.1 Å². The Morgan fingerprint density at radius 2 is 1.86 bits per heavy atom. The molecule has 0 aliphatic heterocycles. The molecule has 1 rings (SSSR count). The van der Waals surface area contributed by atoms with Gasteiger partial charge in [-0.05, 0) is 18.7 Å².